The van der Waals surface area contributed by atoms with Crippen molar-refractivity contribution < 1.29 is 25.8 Å². The fourth-order valence-corrected chi connectivity index (χ4v) is 1.47. The first-order valence-corrected chi connectivity index (χ1v) is 5.62. The van der Waals surface area contributed by atoms with Crippen LogP contribution >= 0.6 is 0 Å². The lowest BCUT2D eigenvalue weighted by atomic mass is 10.1. The van der Waals surface area contributed by atoms with Crippen molar-refractivity contribution in [1.82, 2.24) is 0 Å². The number of halogens is 3. The molecule has 0 bridgehead atoms. The average Bonchev–Trinajstić information content (AvgIpc) is 2.09. The summed E-state index contributed by atoms with van der Waals surface area (Å²) in [5, 5.41) is 0. The Balaban J connectivity index is 3.11. The molecule has 0 aliphatic carbocycles. The van der Waals surface area contributed by atoms with Crippen molar-refractivity contribution in [2.24, 2.45) is 0 Å². The molecule has 0 aromatic heterocycles. The summed E-state index contributed by atoms with van der Waals surface area (Å²) in [7, 11) is -5.59. The molecule has 0 aliphatic rings. The van der Waals surface area contributed by atoms with Crippen LogP contribution in [0.4, 0.5) is 13.2 Å². The Hall–Kier alpha value is -1.24. The zero-order valence-electron chi connectivity index (χ0n) is 8.50. The summed E-state index contributed by atoms with van der Waals surface area (Å²) in [6.07, 6.45) is 0. The van der Waals surface area contributed by atoms with Gasteiger partial charge in [0.1, 0.15) is 5.75 Å². The Morgan fingerprint density at radius 3 is 2.25 bits per heavy atom. The summed E-state index contributed by atoms with van der Waals surface area (Å²) in [5.41, 5.74) is -4.49. The molecule has 0 amide bonds. The van der Waals surface area contributed by atoms with Gasteiger partial charge in [-0.3, -0.25) is 0 Å². The van der Waals surface area contributed by atoms with Crippen molar-refractivity contribution in [2.75, 3.05) is 0 Å². The number of alkyl halides is 3. The second-order valence-corrected chi connectivity index (χ2v) is 4.79. The topological polar surface area (TPSA) is 43.4 Å². The highest BCUT2D eigenvalue weighted by Crippen LogP contribution is 2.29. The van der Waals surface area contributed by atoms with E-state index >= 15 is 0 Å². The number of hydrogen-bond donors (Lipinski definition) is 0. The van der Waals surface area contributed by atoms with Gasteiger partial charge in [0.25, 0.3) is 0 Å². The van der Waals surface area contributed by atoms with Crippen LogP contribution in [0.2, 0.25) is 0 Å². The predicted octanol–water partition coefficient (Wildman–Crippen LogP) is 2.53. The molecule has 1 aromatic rings. The highest BCUT2D eigenvalue weighted by molar-refractivity contribution is 7.88. The SMILES string of the molecule is Cc1ccc(C)c(OS(=O)(=O)C(F)(F)F)c1. The van der Waals surface area contributed by atoms with Gasteiger partial charge < -0.3 is 4.18 Å². The molecule has 0 unspecified atom stereocenters. The highest BCUT2D eigenvalue weighted by atomic mass is 32.2. The quantitative estimate of drug-likeness (QED) is 0.601. The zero-order valence-corrected chi connectivity index (χ0v) is 9.32. The molecule has 3 nitrogen and oxygen atoms in total. The molecule has 0 N–H and O–H groups in total. The maximum atomic E-state index is 12.0. The third kappa shape index (κ3) is 2.66. The Labute approximate surface area is 91.0 Å². The summed E-state index contributed by atoms with van der Waals surface area (Å²) in [5.74, 6) is -0.308. The molecule has 1 aromatic carbocycles. The minimum absolute atomic E-state index is 0.308. The van der Waals surface area contributed by atoms with Crippen LogP contribution in [-0.4, -0.2) is 13.9 Å². The Morgan fingerprint density at radius 2 is 1.75 bits per heavy atom. The van der Waals surface area contributed by atoms with Crippen LogP contribution in [0.25, 0.3) is 0 Å². The van der Waals surface area contributed by atoms with Gasteiger partial charge in [-0.05, 0) is 31.0 Å². The molecule has 0 fully saturated rings. The Bertz CT molecular complexity index is 491. The van der Waals surface area contributed by atoms with Crippen molar-refractivity contribution in [3.05, 3.63) is 29.3 Å². The fraction of sp³-hybridized carbons (Fsp3) is 0.333. The number of benzene rings is 1. The highest BCUT2D eigenvalue weighted by Gasteiger charge is 2.48. The van der Waals surface area contributed by atoms with Crippen LogP contribution in [0.5, 0.6) is 5.75 Å². The lowest BCUT2D eigenvalue weighted by molar-refractivity contribution is -0.0500. The van der Waals surface area contributed by atoms with Gasteiger partial charge in [0.2, 0.25) is 0 Å². The van der Waals surface area contributed by atoms with E-state index in [2.05, 4.69) is 4.18 Å². The molecule has 0 saturated carbocycles. The molecule has 7 heteroatoms. The van der Waals surface area contributed by atoms with Crippen molar-refractivity contribution in [2.45, 2.75) is 19.4 Å². The maximum absolute atomic E-state index is 12.0. The van der Waals surface area contributed by atoms with Crippen molar-refractivity contribution in [3.8, 4) is 5.75 Å². The molecular weight excluding hydrogens is 245 g/mol. The molecule has 0 saturated heterocycles. The fourth-order valence-electron chi connectivity index (χ4n) is 0.963. The smallest absolute Gasteiger partial charge is 0.376 e. The second-order valence-electron chi connectivity index (χ2n) is 3.25. The summed E-state index contributed by atoms with van der Waals surface area (Å²) in [6.45, 7) is 3.08. The number of rotatable bonds is 2. The minimum Gasteiger partial charge on any atom is -0.376 e. The third-order valence-corrected chi connectivity index (χ3v) is 2.79. The van der Waals surface area contributed by atoms with E-state index in [1.807, 2.05) is 0 Å². The lowest BCUT2D eigenvalue weighted by Gasteiger charge is -2.11. The van der Waals surface area contributed by atoms with Crippen LogP contribution in [0, 0.1) is 13.8 Å². The van der Waals surface area contributed by atoms with E-state index in [1.54, 1.807) is 13.0 Å². The summed E-state index contributed by atoms with van der Waals surface area (Å²) >= 11 is 0. The van der Waals surface area contributed by atoms with Crippen molar-refractivity contribution in [1.29, 1.82) is 0 Å². The van der Waals surface area contributed by atoms with E-state index in [9.17, 15) is 21.6 Å². The molecule has 90 valence electrons. The van der Waals surface area contributed by atoms with E-state index in [1.165, 1.54) is 19.1 Å². The zero-order chi connectivity index (χ0) is 12.6. The lowest BCUT2D eigenvalue weighted by Crippen LogP contribution is -2.28. The summed E-state index contributed by atoms with van der Waals surface area (Å²) in [6, 6.07) is 4.36. The number of aryl methyl sites for hydroxylation is 2. The van der Waals surface area contributed by atoms with E-state index in [-0.39, 0.29) is 5.75 Å². The molecule has 0 atom stereocenters. The average molecular weight is 254 g/mol. The molecule has 0 aliphatic heterocycles. The monoisotopic (exact) mass is 254 g/mol. The van der Waals surface area contributed by atoms with Gasteiger partial charge in [-0.2, -0.15) is 21.6 Å². The van der Waals surface area contributed by atoms with Crippen LogP contribution in [0.3, 0.4) is 0 Å². The molecule has 0 heterocycles. The van der Waals surface area contributed by atoms with E-state index < -0.39 is 15.6 Å². The Morgan fingerprint density at radius 1 is 1.19 bits per heavy atom. The molecule has 0 radical (unpaired) electrons. The Kier molecular flexibility index (Phi) is 3.18. The molecule has 1 rings (SSSR count). The molecule has 0 spiro atoms. The third-order valence-electron chi connectivity index (χ3n) is 1.83. The van der Waals surface area contributed by atoms with Gasteiger partial charge >= 0.3 is 15.6 Å². The van der Waals surface area contributed by atoms with E-state index in [0.29, 0.717) is 11.1 Å². The summed E-state index contributed by atoms with van der Waals surface area (Å²) in [4.78, 5) is 0. The van der Waals surface area contributed by atoms with Crippen LogP contribution in [0.1, 0.15) is 11.1 Å². The first-order valence-electron chi connectivity index (χ1n) is 4.21. The van der Waals surface area contributed by atoms with Crippen LogP contribution in [0.15, 0.2) is 18.2 Å². The van der Waals surface area contributed by atoms with Gasteiger partial charge in [-0.25, -0.2) is 0 Å². The van der Waals surface area contributed by atoms with Gasteiger partial charge in [-0.15, -0.1) is 0 Å². The molecular formula is C9H9F3O3S. The minimum atomic E-state index is -5.59. The predicted molar refractivity (Wildman–Crippen MR) is 51.5 cm³/mol. The van der Waals surface area contributed by atoms with Gasteiger partial charge in [0, 0.05) is 0 Å². The van der Waals surface area contributed by atoms with Gasteiger partial charge in [0.15, 0.2) is 0 Å². The second kappa shape index (κ2) is 3.97. The van der Waals surface area contributed by atoms with Crippen molar-refractivity contribution in [3.63, 3.8) is 0 Å². The van der Waals surface area contributed by atoms with Crippen LogP contribution in [-0.2, 0) is 10.1 Å². The molecule has 16 heavy (non-hydrogen) atoms. The first kappa shape index (κ1) is 12.8. The van der Waals surface area contributed by atoms with E-state index in [4.69, 9.17) is 0 Å². The normalized spacial score (nSPS) is 12.6. The van der Waals surface area contributed by atoms with Gasteiger partial charge in [-0.1, -0.05) is 12.1 Å². The summed E-state index contributed by atoms with van der Waals surface area (Å²) < 4.78 is 61.6. The van der Waals surface area contributed by atoms with Crippen molar-refractivity contribution >= 4 is 10.1 Å². The van der Waals surface area contributed by atoms with Crippen LogP contribution < -0.4 is 4.18 Å². The largest absolute Gasteiger partial charge is 0.534 e. The maximum Gasteiger partial charge on any atom is 0.534 e. The first-order chi connectivity index (χ1) is 7.13. The number of hydrogen-bond acceptors (Lipinski definition) is 3. The van der Waals surface area contributed by atoms with Gasteiger partial charge in [0.05, 0.1) is 0 Å². The standard InChI is InChI=1S/C9H9F3O3S/c1-6-3-4-7(2)8(5-6)15-16(13,14)9(10,11)12/h3-5H,1-2H3. The van der Waals surface area contributed by atoms with E-state index in [0.717, 1.165) is 0 Å².